The van der Waals surface area contributed by atoms with Crippen molar-refractivity contribution in [2.75, 3.05) is 11.1 Å². The summed E-state index contributed by atoms with van der Waals surface area (Å²) in [5.41, 5.74) is 2.80. The monoisotopic (exact) mass is 259 g/mol. The van der Waals surface area contributed by atoms with Gasteiger partial charge in [0.25, 0.3) is 0 Å². The third-order valence-corrected chi connectivity index (χ3v) is 3.75. The van der Waals surface area contributed by atoms with Crippen molar-refractivity contribution < 1.29 is 4.79 Å². The number of carbonyl (C=O) groups is 1. The molecule has 1 aromatic heterocycles. The van der Waals surface area contributed by atoms with Crippen molar-refractivity contribution in [3.63, 3.8) is 0 Å². The Morgan fingerprint density at radius 1 is 1.50 bits per heavy atom. The molecule has 1 amide bonds. The van der Waals surface area contributed by atoms with Crippen LogP contribution in [0.4, 0.5) is 5.69 Å². The third kappa shape index (κ3) is 2.13. The minimum atomic E-state index is -0.0601. The van der Waals surface area contributed by atoms with Gasteiger partial charge in [0.1, 0.15) is 0 Å². The van der Waals surface area contributed by atoms with Crippen LogP contribution in [-0.2, 0) is 11.3 Å². The molecule has 18 heavy (non-hydrogen) atoms. The fraction of sp³-hybridized carbons (Fsp3) is 0.231. The Labute approximate surface area is 109 Å². The molecule has 1 aliphatic rings. The standard InChI is InChI=1S/C13H13N3OS/c1-9(17)14-11-4-2-3-10(7-11)12-8-16-5-6-18-13(16)15-12/h2-4,7-8H,5-6H2,1H3,(H,14,17). The summed E-state index contributed by atoms with van der Waals surface area (Å²) in [7, 11) is 0. The van der Waals surface area contributed by atoms with Crippen LogP contribution in [0.1, 0.15) is 6.92 Å². The Bertz CT molecular complexity index is 585. The second-order valence-corrected chi connectivity index (χ2v) is 5.27. The van der Waals surface area contributed by atoms with E-state index in [0.29, 0.717) is 0 Å². The lowest BCUT2D eigenvalue weighted by Gasteiger charge is -2.03. The molecule has 0 atom stereocenters. The van der Waals surface area contributed by atoms with Gasteiger partial charge in [-0.2, -0.15) is 0 Å². The van der Waals surface area contributed by atoms with Gasteiger partial charge in [-0.3, -0.25) is 4.79 Å². The molecule has 5 heteroatoms. The number of anilines is 1. The average Bonchev–Trinajstić information content (AvgIpc) is 2.88. The van der Waals surface area contributed by atoms with Crippen molar-refractivity contribution in [2.24, 2.45) is 0 Å². The Balaban J connectivity index is 1.93. The molecule has 1 N–H and O–H groups in total. The van der Waals surface area contributed by atoms with E-state index in [4.69, 9.17) is 0 Å². The van der Waals surface area contributed by atoms with Crippen molar-refractivity contribution in [2.45, 2.75) is 18.6 Å². The van der Waals surface area contributed by atoms with E-state index in [-0.39, 0.29) is 5.91 Å². The van der Waals surface area contributed by atoms with E-state index in [1.807, 2.05) is 24.3 Å². The van der Waals surface area contributed by atoms with Crippen LogP contribution in [0.2, 0.25) is 0 Å². The molecule has 0 saturated heterocycles. The first-order valence-electron chi connectivity index (χ1n) is 5.80. The van der Waals surface area contributed by atoms with Gasteiger partial charge in [-0.1, -0.05) is 23.9 Å². The number of amides is 1. The largest absolute Gasteiger partial charge is 0.326 e. The fourth-order valence-electron chi connectivity index (χ4n) is 2.01. The Morgan fingerprint density at radius 2 is 2.39 bits per heavy atom. The smallest absolute Gasteiger partial charge is 0.221 e. The van der Waals surface area contributed by atoms with E-state index < -0.39 is 0 Å². The highest BCUT2D eigenvalue weighted by Crippen LogP contribution is 2.29. The van der Waals surface area contributed by atoms with E-state index in [1.54, 1.807) is 11.8 Å². The number of nitrogens with zero attached hydrogens (tertiary/aromatic N) is 2. The molecule has 0 bridgehead atoms. The van der Waals surface area contributed by atoms with Gasteiger partial charge < -0.3 is 9.88 Å². The Morgan fingerprint density at radius 3 is 3.17 bits per heavy atom. The predicted octanol–water partition coefficient (Wildman–Crippen LogP) is 2.61. The van der Waals surface area contributed by atoms with Crippen molar-refractivity contribution >= 4 is 23.4 Å². The number of rotatable bonds is 2. The highest BCUT2D eigenvalue weighted by atomic mass is 32.2. The topological polar surface area (TPSA) is 46.9 Å². The number of nitrogens with one attached hydrogen (secondary N) is 1. The molecule has 0 spiro atoms. The molecule has 4 nitrogen and oxygen atoms in total. The first-order chi connectivity index (χ1) is 8.72. The molecule has 1 aliphatic heterocycles. The van der Waals surface area contributed by atoms with Crippen LogP contribution in [0.3, 0.4) is 0 Å². The van der Waals surface area contributed by atoms with Gasteiger partial charge in [0, 0.05) is 36.7 Å². The third-order valence-electron chi connectivity index (χ3n) is 2.78. The highest BCUT2D eigenvalue weighted by Gasteiger charge is 2.15. The summed E-state index contributed by atoms with van der Waals surface area (Å²) in [5, 5.41) is 3.86. The number of hydrogen-bond donors (Lipinski definition) is 1. The van der Waals surface area contributed by atoms with Crippen molar-refractivity contribution in [1.29, 1.82) is 0 Å². The average molecular weight is 259 g/mol. The van der Waals surface area contributed by atoms with E-state index in [2.05, 4.69) is 21.1 Å². The second kappa shape index (κ2) is 4.49. The zero-order chi connectivity index (χ0) is 12.5. The van der Waals surface area contributed by atoms with Crippen LogP contribution >= 0.6 is 11.8 Å². The first kappa shape index (κ1) is 11.3. The highest BCUT2D eigenvalue weighted by molar-refractivity contribution is 7.99. The molecule has 0 aliphatic carbocycles. The van der Waals surface area contributed by atoms with Crippen LogP contribution in [0.15, 0.2) is 35.6 Å². The van der Waals surface area contributed by atoms with E-state index >= 15 is 0 Å². The minimum absolute atomic E-state index is 0.0601. The van der Waals surface area contributed by atoms with Gasteiger partial charge in [0.15, 0.2) is 5.16 Å². The number of hydrogen-bond acceptors (Lipinski definition) is 3. The van der Waals surface area contributed by atoms with E-state index in [9.17, 15) is 4.79 Å². The summed E-state index contributed by atoms with van der Waals surface area (Å²) in [4.78, 5) is 15.6. The van der Waals surface area contributed by atoms with Gasteiger partial charge in [-0.25, -0.2) is 4.98 Å². The lowest BCUT2D eigenvalue weighted by Crippen LogP contribution is -2.05. The predicted molar refractivity (Wildman–Crippen MR) is 72.7 cm³/mol. The summed E-state index contributed by atoms with van der Waals surface area (Å²) >= 11 is 1.78. The summed E-state index contributed by atoms with van der Waals surface area (Å²) in [6.07, 6.45) is 2.07. The molecule has 2 heterocycles. The molecule has 2 aromatic rings. The summed E-state index contributed by atoms with van der Waals surface area (Å²) < 4.78 is 2.17. The van der Waals surface area contributed by atoms with Crippen LogP contribution in [0.25, 0.3) is 11.3 Å². The molecule has 0 saturated carbocycles. The fourth-order valence-corrected chi connectivity index (χ4v) is 2.95. The van der Waals surface area contributed by atoms with Gasteiger partial charge in [-0.15, -0.1) is 0 Å². The summed E-state index contributed by atoms with van der Waals surface area (Å²) in [6, 6.07) is 7.76. The second-order valence-electron chi connectivity index (χ2n) is 4.21. The molecule has 0 radical (unpaired) electrons. The van der Waals surface area contributed by atoms with Crippen LogP contribution in [-0.4, -0.2) is 21.2 Å². The molecule has 0 unspecified atom stereocenters. The molecule has 1 aromatic carbocycles. The zero-order valence-electron chi connectivity index (χ0n) is 10.0. The zero-order valence-corrected chi connectivity index (χ0v) is 10.8. The number of aryl methyl sites for hydroxylation is 1. The Hall–Kier alpha value is -1.75. The van der Waals surface area contributed by atoms with E-state index in [0.717, 1.165) is 34.4 Å². The van der Waals surface area contributed by atoms with Gasteiger partial charge in [0.2, 0.25) is 5.91 Å². The van der Waals surface area contributed by atoms with Crippen LogP contribution in [0.5, 0.6) is 0 Å². The number of aromatic nitrogens is 2. The maximum absolute atomic E-state index is 11.0. The maximum atomic E-state index is 11.0. The van der Waals surface area contributed by atoms with Gasteiger partial charge in [0.05, 0.1) is 5.69 Å². The SMILES string of the molecule is CC(=O)Nc1cccc(-c2cn3c(n2)SCC3)c1. The summed E-state index contributed by atoms with van der Waals surface area (Å²) in [6.45, 7) is 2.53. The molecular formula is C13H13N3OS. The van der Waals surface area contributed by atoms with Crippen LogP contribution in [0, 0.1) is 0 Å². The maximum Gasteiger partial charge on any atom is 0.221 e. The number of benzene rings is 1. The Kier molecular flexibility index (Phi) is 2.83. The van der Waals surface area contributed by atoms with Gasteiger partial charge >= 0.3 is 0 Å². The number of thioether (sulfide) groups is 1. The normalized spacial score (nSPS) is 13.4. The molecule has 0 fully saturated rings. The number of fused-ring (bicyclic) bond motifs is 1. The number of carbonyl (C=O) groups excluding carboxylic acids is 1. The van der Waals surface area contributed by atoms with Crippen molar-refractivity contribution in [3.05, 3.63) is 30.5 Å². The van der Waals surface area contributed by atoms with E-state index in [1.165, 1.54) is 6.92 Å². The minimum Gasteiger partial charge on any atom is -0.326 e. The first-order valence-corrected chi connectivity index (χ1v) is 6.79. The quantitative estimate of drug-likeness (QED) is 0.901. The van der Waals surface area contributed by atoms with Crippen LogP contribution < -0.4 is 5.32 Å². The number of imidazole rings is 1. The summed E-state index contributed by atoms with van der Waals surface area (Å²) in [5.74, 6) is 1.05. The lowest BCUT2D eigenvalue weighted by molar-refractivity contribution is -0.114. The van der Waals surface area contributed by atoms with Crippen molar-refractivity contribution in [1.82, 2.24) is 9.55 Å². The lowest BCUT2D eigenvalue weighted by atomic mass is 10.1. The molecule has 92 valence electrons. The van der Waals surface area contributed by atoms with Crippen molar-refractivity contribution in [3.8, 4) is 11.3 Å². The molecular weight excluding hydrogens is 246 g/mol. The van der Waals surface area contributed by atoms with Gasteiger partial charge in [-0.05, 0) is 12.1 Å². The molecule has 3 rings (SSSR count).